The lowest BCUT2D eigenvalue weighted by atomic mass is 9.75. The van der Waals surface area contributed by atoms with Crippen molar-refractivity contribution in [2.75, 3.05) is 12.4 Å². The van der Waals surface area contributed by atoms with Crippen molar-refractivity contribution in [3.05, 3.63) is 71.3 Å². The molecule has 0 radical (unpaired) electrons. The molecule has 0 saturated carbocycles. The number of aliphatic imine (C=N–C) groups is 1. The van der Waals surface area contributed by atoms with E-state index in [9.17, 15) is 10.1 Å². The van der Waals surface area contributed by atoms with Gasteiger partial charge in [-0.25, -0.2) is 4.99 Å². The Labute approximate surface area is 168 Å². The Balaban J connectivity index is 1.70. The van der Waals surface area contributed by atoms with Gasteiger partial charge >= 0.3 is 0 Å². The molecule has 2 heterocycles. The highest BCUT2D eigenvalue weighted by Gasteiger charge is 2.47. The minimum absolute atomic E-state index is 0.170. The summed E-state index contributed by atoms with van der Waals surface area (Å²) in [5, 5.41) is 12.9. The van der Waals surface area contributed by atoms with Crippen LogP contribution in [0.3, 0.4) is 0 Å². The first kappa shape index (κ1) is 18.7. The molecule has 28 heavy (non-hydrogen) atoms. The number of nitrogens with zero attached hydrogens (tertiary/aromatic N) is 2. The molecule has 0 spiro atoms. The third kappa shape index (κ3) is 3.56. The van der Waals surface area contributed by atoms with Crippen molar-refractivity contribution >= 4 is 22.8 Å². The minimum Gasteiger partial charge on any atom is -0.376 e. The molecule has 142 valence electrons. The Hall–Kier alpha value is -2.62. The number of rotatable bonds is 2. The van der Waals surface area contributed by atoms with Crippen LogP contribution in [-0.4, -0.2) is 29.5 Å². The molecule has 6 heteroatoms. The second-order valence-electron chi connectivity index (χ2n) is 7.22. The highest BCUT2D eigenvalue weighted by atomic mass is 32.2. The Morgan fingerprint density at radius 3 is 2.89 bits per heavy atom. The van der Waals surface area contributed by atoms with Gasteiger partial charge in [0, 0.05) is 17.2 Å². The van der Waals surface area contributed by atoms with Gasteiger partial charge in [-0.3, -0.25) is 4.79 Å². The molecule has 2 aromatic rings. The number of hydrogen-bond donors (Lipinski definition) is 1. The van der Waals surface area contributed by atoms with Crippen LogP contribution >= 0.6 is 11.8 Å². The van der Waals surface area contributed by atoms with Crippen LogP contribution in [0.4, 0.5) is 0 Å². The third-order valence-corrected chi connectivity index (χ3v) is 6.39. The first-order valence-electron chi connectivity index (χ1n) is 9.32. The molecule has 2 aromatic carbocycles. The second kappa shape index (κ2) is 7.78. The van der Waals surface area contributed by atoms with Crippen molar-refractivity contribution < 1.29 is 9.53 Å². The fourth-order valence-corrected chi connectivity index (χ4v) is 5.00. The van der Waals surface area contributed by atoms with Crippen LogP contribution in [-0.2, 0) is 10.3 Å². The molecule has 2 aliphatic rings. The molecule has 0 unspecified atom stereocenters. The van der Waals surface area contributed by atoms with Crippen LogP contribution < -0.4 is 5.32 Å². The third-order valence-electron chi connectivity index (χ3n) is 5.35. The van der Waals surface area contributed by atoms with Crippen molar-refractivity contribution in [2.24, 2.45) is 10.9 Å². The van der Waals surface area contributed by atoms with Gasteiger partial charge in [0.25, 0.3) is 5.91 Å². The number of carbonyl (C=O) groups excluding carboxylic acids is 1. The zero-order chi connectivity index (χ0) is 19.6. The molecular formula is C22H21N3O2S. The average molecular weight is 391 g/mol. The van der Waals surface area contributed by atoms with Gasteiger partial charge in [0.1, 0.15) is 5.54 Å². The lowest BCUT2D eigenvalue weighted by Crippen LogP contribution is -2.50. The van der Waals surface area contributed by atoms with Crippen molar-refractivity contribution in [3.63, 3.8) is 0 Å². The van der Waals surface area contributed by atoms with Gasteiger partial charge in [0.15, 0.2) is 5.17 Å². The van der Waals surface area contributed by atoms with E-state index in [-0.39, 0.29) is 17.9 Å². The van der Waals surface area contributed by atoms with E-state index in [1.165, 1.54) is 0 Å². The van der Waals surface area contributed by atoms with E-state index in [4.69, 9.17) is 9.73 Å². The lowest BCUT2D eigenvalue weighted by Gasteiger charge is -2.46. The quantitative estimate of drug-likeness (QED) is 0.847. The van der Waals surface area contributed by atoms with E-state index >= 15 is 0 Å². The minimum atomic E-state index is -0.579. The first-order valence-corrected chi connectivity index (χ1v) is 10.3. The Morgan fingerprint density at radius 2 is 2.11 bits per heavy atom. The molecule has 2 aliphatic heterocycles. The fraction of sp³-hybridized carbons (Fsp3) is 0.318. The number of nitrogens with one attached hydrogen (secondary N) is 1. The molecule has 0 aliphatic carbocycles. The van der Waals surface area contributed by atoms with Crippen molar-refractivity contribution in [2.45, 2.75) is 25.0 Å². The topological polar surface area (TPSA) is 74.5 Å². The number of ether oxygens (including phenoxy) is 1. The van der Waals surface area contributed by atoms with E-state index in [1.807, 2.05) is 36.4 Å². The fourth-order valence-electron chi connectivity index (χ4n) is 3.84. The molecule has 5 nitrogen and oxygen atoms in total. The van der Waals surface area contributed by atoms with Crippen LogP contribution in [0, 0.1) is 17.2 Å². The summed E-state index contributed by atoms with van der Waals surface area (Å²) >= 11 is 1.57. The predicted molar refractivity (Wildman–Crippen MR) is 110 cm³/mol. The highest BCUT2D eigenvalue weighted by Crippen LogP contribution is 2.46. The predicted octanol–water partition coefficient (Wildman–Crippen LogP) is 3.71. The number of nitriles is 1. The zero-order valence-electron chi connectivity index (χ0n) is 15.6. The van der Waals surface area contributed by atoms with Gasteiger partial charge < -0.3 is 10.1 Å². The van der Waals surface area contributed by atoms with Gasteiger partial charge in [-0.1, -0.05) is 42.1 Å². The highest BCUT2D eigenvalue weighted by molar-refractivity contribution is 8.13. The monoisotopic (exact) mass is 391 g/mol. The summed E-state index contributed by atoms with van der Waals surface area (Å²) in [5.41, 5.74) is 1.59. The first-order chi connectivity index (χ1) is 13.6. The maximum Gasteiger partial charge on any atom is 0.257 e. The standard InChI is InChI=1S/C22H21N3O2S/c1-15-10-19-13-28-21(24-20(26)17-7-3-2-4-8-17)25-22(19,14-27-15)18-9-5-6-16(11-18)12-23/h2-9,11,15,19H,10,13-14H2,1H3,(H,24,25,26)/t15-,19-,22+/m0/s1. The Bertz CT molecular complexity index is 954. The number of amides is 1. The SMILES string of the molecule is C[C@H]1C[C@H]2CSC(NC(=O)c3ccccc3)=N[C@@]2(c2cccc(C#N)c2)CO1. The second-order valence-corrected chi connectivity index (χ2v) is 8.23. The Morgan fingerprint density at radius 1 is 1.29 bits per heavy atom. The maximum atomic E-state index is 12.6. The maximum absolute atomic E-state index is 12.6. The molecule has 0 bridgehead atoms. The van der Waals surface area contributed by atoms with Gasteiger partial charge in [-0.2, -0.15) is 5.26 Å². The number of hydrogen-bond acceptors (Lipinski definition) is 5. The van der Waals surface area contributed by atoms with Crippen molar-refractivity contribution in [3.8, 4) is 6.07 Å². The van der Waals surface area contributed by atoms with Gasteiger partial charge in [-0.15, -0.1) is 0 Å². The molecule has 1 fully saturated rings. The average Bonchev–Trinajstić information content (AvgIpc) is 2.74. The summed E-state index contributed by atoms with van der Waals surface area (Å²) < 4.78 is 6.00. The number of amidine groups is 1. The van der Waals surface area contributed by atoms with E-state index in [0.29, 0.717) is 22.9 Å². The summed E-state index contributed by atoms with van der Waals surface area (Å²) in [6.07, 6.45) is 1.07. The number of benzene rings is 2. The Kier molecular flexibility index (Phi) is 5.21. The molecule has 1 saturated heterocycles. The number of thioether (sulfide) groups is 1. The van der Waals surface area contributed by atoms with E-state index < -0.39 is 5.54 Å². The molecule has 1 amide bonds. The molecule has 0 aromatic heterocycles. The summed E-state index contributed by atoms with van der Waals surface area (Å²) in [5.74, 6) is 0.960. The van der Waals surface area contributed by atoms with Crippen molar-refractivity contribution in [1.29, 1.82) is 5.26 Å². The number of carbonyl (C=O) groups is 1. The smallest absolute Gasteiger partial charge is 0.257 e. The van der Waals surface area contributed by atoms with Crippen LogP contribution in [0.1, 0.15) is 34.8 Å². The summed E-state index contributed by atoms with van der Waals surface area (Å²) in [6, 6.07) is 18.9. The molecule has 4 rings (SSSR count). The summed E-state index contributed by atoms with van der Waals surface area (Å²) in [4.78, 5) is 17.6. The number of fused-ring (bicyclic) bond motifs is 1. The van der Waals surface area contributed by atoms with Crippen LogP contribution in [0.15, 0.2) is 59.6 Å². The van der Waals surface area contributed by atoms with Crippen molar-refractivity contribution in [1.82, 2.24) is 5.32 Å². The van der Waals surface area contributed by atoms with E-state index in [0.717, 1.165) is 17.7 Å². The molecule has 3 atom stereocenters. The van der Waals surface area contributed by atoms with Crippen LogP contribution in [0.25, 0.3) is 0 Å². The van der Waals surface area contributed by atoms with Crippen LogP contribution in [0.2, 0.25) is 0 Å². The zero-order valence-corrected chi connectivity index (χ0v) is 16.4. The van der Waals surface area contributed by atoms with Gasteiger partial charge in [0.05, 0.1) is 24.3 Å². The van der Waals surface area contributed by atoms with Crippen LogP contribution in [0.5, 0.6) is 0 Å². The van der Waals surface area contributed by atoms with E-state index in [2.05, 4.69) is 18.3 Å². The summed E-state index contributed by atoms with van der Waals surface area (Å²) in [6.45, 7) is 2.52. The van der Waals surface area contributed by atoms with Gasteiger partial charge in [-0.05, 0) is 43.2 Å². The van der Waals surface area contributed by atoms with Gasteiger partial charge in [0.2, 0.25) is 0 Å². The van der Waals surface area contributed by atoms with E-state index in [1.54, 1.807) is 30.0 Å². The normalized spacial score (nSPS) is 26.5. The lowest BCUT2D eigenvalue weighted by molar-refractivity contribution is -0.0466. The largest absolute Gasteiger partial charge is 0.376 e. The molecular weight excluding hydrogens is 370 g/mol. The molecule has 1 N–H and O–H groups in total. The summed E-state index contributed by atoms with van der Waals surface area (Å²) in [7, 11) is 0.